The van der Waals surface area contributed by atoms with Gasteiger partial charge in [-0.1, -0.05) is 25.9 Å². The molecule has 0 unspecified atom stereocenters. The Labute approximate surface area is 118 Å². The summed E-state index contributed by atoms with van der Waals surface area (Å²) in [4.78, 5) is 23.6. The molecule has 1 fully saturated rings. The van der Waals surface area contributed by atoms with Gasteiger partial charge in [0.15, 0.2) is 5.82 Å². The van der Waals surface area contributed by atoms with Crippen LogP contribution in [0.15, 0.2) is 9.32 Å². The van der Waals surface area contributed by atoms with Crippen LogP contribution in [0.5, 0.6) is 0 Å². The molecule has 6 heteroatoms. The first-order valence-corrected chi connectivity index (χ1v) is 7.33. The molecule has 6 nitrogen and oxygen atoms in total. The molecule has 112 valence electrons. The third-order valence-electron chi connectivity index (χ3n) is 3.91. The molecule has 0 saturated heterocycles. The first-order chi connectivity index (χ1) is 9.47. The molecule has 0 spiro atoms. The van der Waals surface area contributed by atoms with Gasteiger partial charge in [0, 0.05) is 12.0 Å². The lowest BCUT2D eigenvalue weighted by molar-refractivity contribution is -0.122. The Hall–Kier alpha value is -1.59. The maximum absolute atomic E-state index is 12.0. The van der Waals surface area contributed by atoms with Crippen LogP contribution in [0.1, 0.15) is 58.2 Å². The zero-order chi connectivity index (χ0) is 14.7. The molecule has 0 aliphatic heterocycles. The van der Waals surface area contributed by atoms with Gasteiger partial charge >= 0.3 is 5.76 Å². The lowest BCUT2D eigenvalue weighted by atomic mass is 9.87. The van der Waals surface area contributed by atoms with Gasteiger partial charge in [-0.3, -0.25) is 13.9 Å². The van der Waals surface area contributed by atoms with E-state index in [2.05, 4.69) is 21.9 Å². The fraction of sp³-hybridized carbons (Fsp3) is 0.786. The molecular weight excluding hydrogens is 258 g/mol. The minimum Gasteiger partial charge on any atom is -0.352 e. The van der Waals surface area contributed by atoms with Crippen molar-refractivity contribution in [3.8, 4) is 0 Å². The van der Waals surface area contributed by atoms with Gasteiger partial charge in [-0.25, -0.2) is 4.79 Å². The molecule has 1 saturated carbocycles. The van der Waals surface area contributed by atoms with Gasteiger partial charge in [0.25, 0.3) is 0 Å². The van der Waals surface area contributed by atoms with Crippen molar-refractivity contribution >= 4 is 5.91 Å². The Balaban J connectivity index is 1.95. The normalized spacial score (nSPS) is 23.0. The summed E-state index contributed by atoms with van der Waals surface area (Å²) in [5.74, 6) is 0.599. The Morgan fingerprint density at radius 2 is 2.05 bits per heavy atom. The number of nitrogens with one attached hydrogen (secondary N) is 1. The van der Waals surface area contributed by atoms with Crippen LogP contribution in [-0.2, 0) is 11.3 Å². The summed E-state index contributed by atoms with van der Waals surface area (Å²) in [5, 5.41) is 6.72. The van der Waals surface area contributed by atoms with Crippen molar-refractivity contribution in [3.63, 3.8) is 0 Å². The number of nitrogens with zero attached hydrogens (tertiary/aromatic N) is 2. The van der Waals surface area contributed by atoms with Crippen LogP contribution in [0.4, 0.5) is 0 Å². The van der Waals surface area contributed by atoms with Gasteiger partial charge in [-0.2, -0.15) is 0 Å². The molecule has 0 radical (unpaired) electrons. The van der Waals surface area contributed by atoms with E-state index >= 15 is 0 Å². The monoisotopic (exact) mass is 281 g/mol. The molecule has 1 aliphatic carbocycles. The van der Waals surface area contributed by atoms with E-state index in [1.54, 1.807) is 0 Å². The van der Waals surface area contributed by atoms with Crippen LogP contribution < -0.4 is 11.1 Å². The van der Waals surface area contributed by atoms with Gasteiger partial charge in [0.2, 0.25) is 5.91 Å². The molecule has 1 N–H and O–H groups in total. The Bertz CT molecular complexity index is 510. The van der Waals surface area contributed by atoms with Crippen LogP contribution in [-0.4, -0.2) is 21.7 Å². The lowest BCUT2D eigenvalue weighted by Crippen LogP contribution is -2.40. The van der Waals surface area contributed by atoms with Crippen LogP contribution in [0, 0.1) is 5.92 Å². The lowest BCUT2D eigenvalue weighted by Gasteiger charge is -2.26. The van der Waals surface area contributed by atoms with E-state index in [-0.39, 0.29) is 24.4 Å². The average Bonchev–Trinajstić information content (AvgIpc) is 2.74. The van der Waals surface area contributed by atoms with Crippen molar-refractivity contribution in [3.05, 3.63) is 16.4 Å². The summed E-state index contributed by atoms with van der Waals surface area (Å²) >= 11 is 0. The smallest absolute Gasteiger partial charge is 0.352 e. The van der Waals surface area contributed by atoms with E-state index in [0.29, 0.717) is 5.82 Å². The second-order valence-corrected chi connectivity index (χ2v) is 6.07. The largest absolute Gasteiger partial charge is 0.442 e. The summed E-state index contributed by atoms with van der Waals surface area (Å²) < 4.78 is 5.95. The van der Waals surface area contributed by atoms with Crippen molar-refractivity contribution in [2.75, 3.05) is 0 Å². The summed E-state index contributed by atoms with van der Waals surface area (Å²) in [6.45, 7) is 6.05. The summed E-state index contributed by atoms with van der Waals surface area (Å²) in [6, 6.07) is 0.233. The van der Waals surface area contributed by atoms with E-state index in [0.717, 1.165) is 31.6 Å². The van der Waals surface area contributed by atoms with Crippen LogP contribution >= 0.6 is 0 Å². The number of hydrogen-bond donors (Lipinski definition) is 1. The van der Waals surface area contributed by atoms with Crippen molar-refractivity contribution < 1.29 is 9.32 Å². The second-order valence-electron chi connectivity index (χ2n) is 6.07. The Morgan fingerprint density at radius 3 is 2.65 bits per heavy atom. The number of hydrogen-bond acceptors (Lipinski definition) is 4. The van der Waals surface area contributed by atoms with Crippen LogP contribution in [0.25, 0.3) is 0 Å². The quantitative estimate of drug-likeness (QED) is 0.910. The van der Waals surface area contributed by atoms with Crippen LogP contribution in [0.3, 0.4) is 0 Å². The zero-order valence-electron chi connectivity index (χ0n) is 12.4. The first kappa shape index (κ1) is 14.8. The summed E-state index contributed by atoms with van der Waals surface area (Å²) in [5.41, 5.74) is 0. The first-order valence-electron chi connectivity index (χ1n) is 7.33. The van der Waals surface area contributed by atoms with Gasteiger partial charge in [0.1, 0.15) is 6.54 Å². The number of amides is 1. The van der Waals surface area contributed by atoms with Crippen molar-refractivity contribution in [2.45, 2.75) is 65.0 Å². The van der Waals surface area contributed by atoms with E-state index in [1.165, 1.54) is 4.57 Å². The van der Waals surface area contributed by atoms with Crippen molar-refractivity contribution in [2.24, 2.45) is 5.92 Å². The Morgan fingerprint density at radius 1 is 1.40 bits per heavy atom. The number of carbonyl (C=O) groups excluding carboxylic acids is 1. The van der Waals surface area contributed by atoms with E-state index in [9.17, 15) is 9.59 Å². The van der Waals surface area contributed by atoms with Gasteiger partial charge in [-0.05, 0) is 31.6 Å². The molecular formula is C14H23N3O3. The molecule has 0 aromatic carbocycles. The fourth-order valence-electron chi connectivity index (χ4n) is 2.66. The van der Waals surface area contributed by atoms with Gasteiger partial charge in [0.05, 0.1) is 0 Å². The zero-order valence-corrected chi connectivity index (χ0v) is 12.4. The third-order valence-corrected chi connectivity index (χ3v) is 3.91. The minimum absolute atomic E-state index is 0.0120. The molecule has 1 aliphatic rings. The molecule has 0 atom stereocenters. The number of aromatic nitrogens is 2. The topological polar surface area (TPSA) is 77.1 Å². The molecule has 2 rings (SSSR count). The number of rotatable bonds is 4. The Kier molecular flexibility index (Phi) is 4.62. The maximum atomic E-state index is 12.0. The van der Waals surface area contributed by atoms with Crippen molar-refractivity contribution in [1.82, 2.24) is 15.0 Å². The highest BCUT2D eigenvalue weighted by Gasteiger charge is 2.21. The highest BCUT2D eigenvalue weighted by Crippen LogP contribution is 2.23. The van der Waals surface area contributed by atoms with E-state index < -0.39 is 5.76 Å². The summed E-state index contributed by atoms with van der Waals surface area (Å²) in [7, 11) is 0. The molecule has 0 bridgehead atoms. The molecule has 1 aromatic heterocycles. The van der Waals surface area contributed by atoms with Gasteiger partial charge < -0.3 is 5.32 Å². The van der Waals surface area contributed by atoms with Crippen LogP contribution in [0.2, 0.25) is 0 Å². The third kappa shape index (κ3) is 3.49. The molecule has 20 heavy (non-hydrogen) atoms. The van der Waals surface area contributed by atoms with Gasteiger partial charge in [-0.15, -0.1) is 0 Å². The van der Waals surface area contributed by atoms with E-state index in [4.69, 9.17) is 0 Å². The maximum Gasteiger partial charge on any atom is 0.442 e. The molecule has 1 amide bonds. The predicted octanol–water partition coefficient (Wildman–Crippen LogP) is 1.65. The fourth-order valence-corrected chi connectivity index (χ4v) is 2.66. The van der Waals surface area contributed by atoms with Crippen molar-refractivity contribution in [1.29, 1.82) is 0 Å². The van der Waals surface area contributed by atoms with E-state index in [1.807, 2.05) is 13.8 Å². The second kappa shape index (κ2) is 6.24. The SMILES string of the molecule is CC1CCC(NC(=O)Cn2c(C(C)C)noc2=O)CC1. The highest BCUT2D eigenvalue weighted by molar-refractivity contribution is 5.76. The standard InChI is InChI=1S/C14H23N3O3/c1-9(2)13-16-20-14(19)17(13)8-12(18)15-11-6-4-10(3)5-7-11/h9-11H,4-8H2,1-3H3,(H,15,18). The average molecular weight is 281 g/mol. The highest BCUT2D eigenvalue weighted by atomic mass is 16.5. The molecule has 1 aromatic rings. The predicted molar refractivity (Wildman–Crippen MR) is 74.4 cm³/mol. The summed E-state index contributed by atoms with van der Waals surface area (Å²) in [6.07, 6.45) is 4.33. The molecule has 1 heterocycles. The number of carbonyl (C=O) groups is 1. The minimum atomic E-state index is -0.568.